The van der Waals surface area contributed by atoms with E-state index in [2.05, 4.69) is 10.2 Å². The summed E-state index contributed by atoms with van der Waals surface area (Å²) in [7, 11) is 0. The summed E-state index contributed by atoms with van der Waals surface area (Å²) in [5.41, 5.74) is 0.867. The standard InChI is InChI=1S/C20H24N2O4/c1-4-20(2,3)19(24)26-14-13-25-18-11-7-16(8-12-18)22-21-15-5-9-17(23)10-6-15/h5-12,23H,4,13-14H2,1-3H3. The third kappa shape index (κ3) is 5.88. The Hall–Kier alpha value is -2.89. The highest BCUT2D eigenvalue weighted by atomic mass is 16.6. The van der Waals surface area contributed by atoms with E-state index < -0.39 is 5.41 Å². The van der Waals surface area contributed by atoms with E-state index in [0.29, 0.717) is 23.7 Å². The van der Waals surface area contributed by atoms with E-state index in [1.165, 1.54) is 0 Å². The quantitative estimate of drug-likeness (QED) is 0.402. The first-order valence-electron chi connectivity index (χ1n) is 8.51. The maximum absolute atomic E-state index is 11.8. The van der Waals surface area contributed by atoms with Crippen molar-refractivity contribution in [3.63, 3.8) is 0 Å². The molecule has 0 aliphatic heterocycles. The highest BCUT2D eigenvalue weighted by Crippen LogP contribution is 2.23. The highest BCUT2D eigenvalue weighted by molar-refractivity contribution is 5.75. The van der Waals surface area contributed by atoms with Gasteiger partial charge in [-0.05, 0) is 68.8 Å². The largest absolute Gasteiger partial charge is 0.508 e. The molecule has 0 saturated carbocycles. The summed E-state index contributed by atoms with van der Waals surface area (Å²) < 4.78 is 10.8. The van der Waals surface area contributed by atoms with Crippen molar-refractivity contribution < 1.29 is 19.4 Å². The minimum atomic E-state index is -0.468. The van der Waals surface area contributed by atoms with Crippen molar-refractivity contribution in [2.45, 2.75) is 27.2 Å². The van der Waals surface area contributed by atoms with E-state index in [-0.39, 0.29) is 18.3 Å². The van der Waals surface area contributed by atoms with Crippen LogP contribution in [-0.2, 0) is 9.53 Å². The van der Waals surface area contributed by atoms with Crippen LogP contribution in [-0.4, -0.2) is 24.3 Å². The fourth-order valence-corrected chi connectivity index (χ4v) is 1.88. The van der Waals surface area contributed by atoms with E-state index in [4.69, 9.17) is 9.47 Å². The number of rotatable bonds is 8. The van der Waals surface area contributed by atoms with Gasteiger partial charge < -0.3 is 14.6 Å². The smallest absolute Gasteiger partial charge is 0.311 e. The number of esters is 1. The van der Waals surface area contributed by atoms with Gasteiger partial charge in [0.25, 0.3) is 0 Å². The van der Waals surface area contributed by atoms with Crippen molar-refractivity contribution >= 4 is 17.3 Å². The minimum absolute atomic E-state index is 0.189. The molecule has 2 rings (SSSR count). The topological polar surface area (TPSA) is 80.5 Å². The molecule has 0 fully saturated rings. The van der Waals surface area contributed by atoms with Crippen molar-refractivity contribution in [3.8, 4) is 11.5 Å². The lowest BCUT2D eigenvalue weighted by Crippen LogP contribution is -2.27. The third-order valence-electron chi connectivity index (χ3n) is 3.99. The Kier molecular flexibility index (Phi) is 6.72. The number of azo groups is 1. The van der Waals surface area contributed by atoms with E-state index in [9.17, 15) is 9.90 Å². The number of nitrogens with zero attached hydrogens (tertiary/aromatic N) is 2. The molecule has 0 saturated heterocycles. The van der Waals surface area contributed by atoms with E-state index in [1.807, 2.05) is 20.8 Å². The van der Waals surface area contributed by atoms with Gasteiger partial charge in [0, 0.05) is 0 Å². The van der Waals surface area contributed by atoms with Crippen LogP contribution in [0.15, 0.2) is 58.8 Å². The summed E-state index contributed by atoms with van der Waals surface area (Å²) in [5, 5.41) is 17.4. The molecule has 6 heteroatoms. The number of benzene rings is 2. The number of ether oxygens (including phenoxy) is 2. The van der Waals surface area contributed by atoms with Gasteiger partial charge in [0.15, 0.2) is 0 Å². The number of hydrogen-bond donors (Lipinski definition) is 1. The van der Waals surface area contributed by atoms with Gasteiger partial charge in [0.2, 0.25) is 0 Å². The van der Waals surface area contributed by atoms with Crippen molar-refractivity contribution in [2.75, 3.05) is 13.2 Å². The Morgan fingerprint density at radius 3 is 2.04 bits per heavy atom. The number of carbonyl (C=O) groups excluding carboxylic acids is 1. The molecule has 2 aromatic carbocycles. The molecule has 0 aliphatic rings. The van der Waals surface area contributed by atoms with Gasteiger partial charge in [-0.15, -0.1) is 0 Å². The SMILES string of the molecule is CCC(C)(C)C(=O)OCCOc1ccc(N=Nc2ccc(O)cc2)cc1. The van der Waals surface area contributed by atoms with Crippen LogP contribution < -0.4 is 4.74 Å². The van der Waals surface area contributed by atoms with Crippen LogP contribution in [0.25, 0.3) is 0 Å². The number of phenols is 1. The van der Waals surface area contributed by atoms with Crippen LogP contribution in [0.4, 0.5) is 11.4 Å². The average Bonchev–Trinajstić information content (AvgIpc) is 2.65. The maximum Gasteiger partial charge on any atom is 0.311 e. The van der Waals surface area contributed by atoms with Crippen LogP contribution in [0.5, 0.6) is 11.5 Å². The zero-order chi connectivity index (χ0) is 19.0. The zero-order valence-electron chi connectivity index (χ0n) is 15.3. The predicted molar refractivity (Wildman–Crippen MR) is 99.3 cm³/mol. The van der Waals surface area contributed by atoms with Gasteiger partial charge in [-0.3, -0.25) is 4.79 Å². The van der Waals surface area contributed by atoms with Crippen LogP contribution in [0.3, 0.4) is 0 Å². The van der Waals surface area contributed by atoms with Crippen LogP contribution >= 0.6 is 0 Å². The molecule has 0 amide bonds. The first-order valence-corrected chi connectivity index (χ1v) is 8.51. The molecule has 0 radical (unpaired) electrons. The van der Waals surface area contributed by atoms with Crippen molar-refractivity contribution in [3.05, 3.63) is 48.5 Å². The first-order chi connectivity index (χ1) is 12.4. The van der Waals surface area contributed by atoms with Crippen molar-refractivity contribution in [2.24, 2.45) is 15.6 Å². The number of phenolic OH excluding ortho intramolecular Hbond substituents is 1. The van der Waals surface area contributed by atoms with Crippen molar-refractivity contribution in [1.82, 2.24) is 0 Å². The van der Waals surface area contributed by atoms with Crippen LogP contribution in [0, 0.1) is 5.41 Å². The molecule has 0 aliphatic carbocycles. The molecule has 6 nitrogen and oxygen atoms in total. The molecule has 0 atom stereocenters. The van der Waals surface area contributed by atoms with Gasteiger partial charge >= 0.3 is 5.97 Å². The second-order valence-electron chi connectivity index (χ2n) is 6.43. The lowest BCUT2D eigenvalue weighted by atomic mass is 9.91. The molecular weight excluding hydrogens is 332 g/mol. The monoisotopic (exact) mass is 356 g/mol. The summed E-state index contributed by atoms with van der Waals surface area (Å²) >= 11 is 0. The highest BCUT2D eigenvalue weighted by Gasteiger charge is 2.26. The molecule has 26 heavy (non-hydrogen) atoms. The molecule has 1 N–H and O–H groups in total. The number of hydrogen-bond acceptors (Lipinski definition) is 6. The summed E-state index contributed by atoms with van der Waals surface area (Å²) in [6.07, 6.45) is 0.729. The van der Waals surface area contributed by atoms with Gasteiger partial charge in [-0.2, -0.15) is 10.2 Å². The summed E-state index contributed by atoms with van der Waals surface area (Å²) in [4.78, 5) is 11.8. The van der Waals surface area contributed by atoms with Crippen LogP contribution in [0.2, 0.25) is 0 Å². The van der Waals surface area contributed by atoms with Gasteiger partial charge in [0.1, 0.15) is 24.7 Å². The first kappa shape index (κ1) is 19.4. The second kappa shape index (κ2) is 8.99. The van der Waals surface area contributed by atoms with E-state index >= 15 is 0 Å². The average molecular weight is 356 g/mol. The Morgan fingerprint density at radius 2 is 1.50 bits per heavy atom. The van der Waals surface area contributed by atoms with Gasteiger partial charge in [-0.1, -0.05) is 6.92 Å². The van der Waals surface area contributed by atoms with Crippen LogP contribution in [0.1, 0.15) is 27.2 Å². The second-order valence-corrected chi connectivity index (χ2v) is 6.43. The molecule has 0 unspecified atom stereocenters. The summed E-state index contributed by atoms with van der Waals surface area (Å²) in [5.74, 6) is 0.641. The van der Waals surface area contributed by atoms with Crippen molar-refractivity contribution in [1.29, 1.82) is 0 Å². The Balaban J connectivity index is 1.78. The van der Waals surface area contributed by atoms with E-state index in [1.54, 1.807) is 48.5 Å². The lowest BCUT2D eigenvalue weighted by molar-refractivity contribution is -0.154. The third-order valence-corrected chi connectivity index (χ3v) is 3.99. The zero-order valence-corrected chi connectivity index (χ0v) is 15.3. The molecular formula is C20H24N2O4. The molecule has 0 spiro atoms. The summed E-state index contributed by atoms with van der Waals surface area (Å²) in [6.45, 7) is 6.19. The Bertz CT molecular complexity index is 737. The Labute approximate surface area is 153 Å². The number of carbonyl (C=O) groups is 1. The maximum atomic E-state index is 11.8. The molecule has 0 bridgehead atoms. The molecule has 0 aromatic heterocycles. The van der Waals surface area contributed by atoms with Gasteiger partial charge in [0.05, 0.1) is 16.8 Å². The minimum Gasteiger partial charge on any atom is -0.508 e. The molecule has 2 aromatic rings. The summed E-state index contributed by atoms with van der Waals surface area (Å²) in [6, 6.07) is 13.6. The fourth-order valence-electron chi connectivity index (χ4n) is 1.88. The normalized spacial score (nSPS) is 11.5. The van der Waals surface area contributed by atoms with E-state index in [0.717, 1.165) is 6.42 Å². The number of aromatic hydroxyl groups is 1. The lowest BCUT2D eigenvalue weighted by Gasteiger charge is -2.20. The molecule has 138 valence electrons. The predicted octanol–water partition coefficient (Wildman–Crippen LogP) is 5.17. The van der Waals surface area contributed by atoms with Gasteiger partial charge in [-0.25, -0.2) is 0 Å². The Morgan fingerprint density at radius 1 is 0.962 bits per heavy atom. The fraction of sp³-hybridized carbons (Fsp3) is 0.350. The molecule has 0 heterocycles.